The van der Waals surface area contributed by atoms with Crippen LogP contribution >= 0.6 is 11.6 Å². The number of nitrogens with zero attached hydrogens (tertiary/aromatic N) is 4. The molecule has 0 atom stereocenters. The quantitative estimate of drug-likeness (QED) is 0.813. The van der Waals surface area contributed by atoms with Crippen molar-refractivity contribution >= 4 is 23.1 Å². The molecule has 0 aliphatic carbocycles. The molecular weight excluding hydrogens is 256 g/mol. The van der Waals surface area contributed by atoms with Crippen LogP contribution in [0.25, 0.3) is 5.65 Å². The van der Waals surface area contributed by atoms with Crippen LogP contribution in [-0.4, -0.2) is 46.0 Å². The second-order valence-electron chi connectivity index (χ2n) is 4.10. The second kappa shape index (κ2) is 4.72. The molecule has 0 saturated carbocycles. The van der Waals surface area contributed by atoms with E-state index in [9.17, 15) is 0 Å². The number of hydrogen-bond acceptors (Lipinski definition) is 5. The Hall–Kier alpha value is -1.37. The smallest absolute Gasteiger partial charge is 0.159 e. The van der Waals surface area contributed by atoms with E-state index in [-0.39, 0.29) is 6.61 Å². The lowest BCUT2D eigenvalue weighted by Gasteiger charge is -2.28. The molecule has 1 N–H and O–H groups in total. The molecule has 1 fully saturated rings. The van der Waals surface area contributed by atoms with E-state index in [2.05, 4.69) is 15.0 Å². The minimum absolute atomic E-state index is 0.108. The number of aliphatic hydroxyl groups is 1. The molecule has 18 heavy (non-hydrogen) atoms. The van der Waals surface area contributed by atoms with Gasteiger partial charge in [0.25, 0.3) is 0 Å². The predicted octanol–water partition coefficient (Wildman–Crippen LogP) is 0.712. The summed E-state index contributed by atoms with van der Waals surface area (Å²) in [5.41, 5.74) is 1.23. The summed E-state index contributed by atoms with van der Waals surface area (Å²) >= 11 is 6.02. The Balaban J connectivity index is 2.10. The Morgan fingerprint density at radius 1 is 1.33 bits per heavy atom. The molecule has 2 aromatic rings. The Labute approximate surface area is 109 Å². The number of aromatic nitrogens is 3. The van der Waals surface area contributed by atoms with Crippen molar-refractivity contribution in [2.45, 2.75) is 6.61 Å². The zero-order chi connectivity index (χ0) is 12.5. The highest BCUT2D eigenvalue weighted by Gasteiger charge is 2.17. The van der Waals surface area contributed by atoms with E-state index < -0.39 is 0 Å². The minimum Gasteiger partial charge on any atom is -0.390 e. The summed E-state index contributed by atoms with van der Waals surface area (Å²) in [6.45, 7) is 2.86. The van der Waals surface area contributed by atoms with E-state index in [1.807, 2.05) is 0 Å². The van der Waals surface area contributed by atoms with Crippen molar-refractivity contribution in [3.8, 4) is 0 Å². The third-order valence-electron chi connectivity index (χ3n) is 2.92. The van der Waals surface area contributed by atoms with Gasteiger partial charge in [-0.05, 0) is 0 Å². The SMILES string of the molecule is OCc1cc2nc(Cl)cc(N3CCOCC3)n2n1. The van der Waals surface area contributed by atoms with Gasteiger partial charge in [0.2, 0.25) is 0 Å². The number of hydrogen-bond donors (Lipinski definition) is 1. The van der Waals surface area contributed by atoms with Crippen LogP contribution in [-0.2, 0) is 11.3 Å². The first-order valence-electron chi connectivity index (χ1n) is 5.76. The van der Waals surface area contributed by atoms with Gasteiger partial charge in [-0.3, -0.25) is 0 Å². The Bertz CT molecular complexity index is 565. The van der Waals surface area contributed by atoms with Crippen molar-refractivity contribution in [2.24, 2.45) is 0 Å². The van der Waals surface area contributed by atoms with Crippen molar-refractivity contribution in [1.82, 2.24) is 14.6 Å². The average molecular weight is 269 g/mol. The summed E-state index contributed by atoms with van der Waals surface area (Å²) in [4.78, 5) is 6.35. The van der Waals surface area contributed by atoms with Crippen LogP contribution in [0.3, 0.4) is 0 Å². The summed E-state index contributed by atoms with van der Waals surface area (Å²) in [5, 5.41) is 13.9. The fraction of sp³-hybridized carbons (Fsp3) is 0.455. The van der Waals surface area contributed by atoms with Crippen LogP contribution in [0.1, 0.15) is 5.69 Å². The lowest BCUT2D eigenvalue weighted by Crippen LogP contribution is -2.37. The molecule has 0 spiro atoms. The van der Waals surface area contributed by atoms with E-state index in [1.54, 1.807) is 16.6 Å². The molecule has 7 heteroatoms. The molecule has 0 unspecified atom stereocenters. The Kier molecular flexibility index (Phi) is 3.07. The highest BCUT2D eigenvalue weighted by molar-refractivity contribution is 6.29. The van der Waals surface area contributed by atoms with Crippen LogP contribution in [0.4, 0.5) is 5.82 Å². The molecule has 0 aromatic carbocycles. The van der Waals surface area contributed by atoms with Gasteiger partial charge in [0, 0.05) is 25.2 Å². The molecule has 2 aromatic heterocycles. The van der Waals surface area contributed by atoms with Gasteiger partial charge in [0.15, 0.2) is 5.65 Å². The number of anilines is 1. The lowest BCUT2D eigenvalue weighted by molar-refractivity contribution is 0.122. The molecule has 0 radical (unpaired) electrons. The normalized spacial score (nSPS) is 16.4. The van der Waals surface area contributed by atoms with Gasteiger partial charge < -0.3 is 14.7 Å². The first-order chi connectivity index (χ1) is 8.78. The van der Waals surface area contributed by atoms with Crippen molar-refractivity contribution < 1.29 is 9.84 Å². The van der Waals surface area contributed by atoms with Gasteiger partial charge in [-0.2, -0.15) is 9.61 Å². The van der Waals surface area contributed by atoms with Crippen molar-refractivity contribution in [2.75, 3.05) is 31.2 Å². The second-order valence-corrected chi connectivity index (χ2v) is 4.49. The lowest BCUT2D eigenvalue weighted by atomic mass is 10.4. The largest absolute Gasteiger partial charge is 0.390 e. The number of morpholine rings is 1. The standard InChI is InChI=1S/C11H13ClN4O2/c12-9-6-11(15-1-3-18-4-2-15)16-10(13-9)5-8(7-17)14-16/h5-6,17H,1-4,7H2. The molecule has 1 aliphatic heterocycles. The van der Waals surface area contributed by atoms with E-state index in [0.29, 0.717) is 29.7 Å². The number of halogens is 1. The van der Waals surface area contributed by atoms with Crippen molar-refractivity contribution in [1.29, 1.82) is 0 Å². The number of ether oxygens (including phenoxy) is 1. The summed E-state index contributed by atoms with van der Waals surface area (Å²) in [6.07, 6.45) is 0. The first-order valence-corrected chi connectivity index (χ1v) is 6.14. The summed E-state index contributed by atoms with van der Waals surface area (Å²) in [7, 11) is 0. The number of fused-ring (bicyclic) bond motifs is 1. The van der Waals surface area contributed by atoms with Gasteiger partial charge in [-0.15, -0.1) is 0 Å². The van der Waals surface area contributed by atoms with E-state index in [1.165, 1.54) is 0 Å². The summed E-state index contributed by atoms with van der Waals surface area (Å²) < 4.78 is 7.04. The fourth-order valence-electron chi connectivity index (χ4n) is 2.07. The molecule has 3 heterocycles. The fourth-order valence-corrected chi connectivity index (χ4v) is 2.26. The number of aliphatic hydroxyl groups excluding tert-OH is 1. The molecule has 1 aliphatic rings. The van der Waals surface area contributed by atoms with Crippen LogP contribution in [0.5, 0.6) is 0 Å². The topological polar surface area (TPSA) is 62.9 Å². The third-order valence-corrected chi connectivity index (χ3v) is 3.12. The zero-order valence-electron chi connectivity index (χ0n) is 9.71. The van der Waals surface area contributed by atoms with E-state index in [0.717, 1.165) is 18.9 Å². The predicted molar refractivity (Wildman–Crippen MR) is 67.0 cm³/mol. The van der Waals surface area contributed by atoms with E-state index >= 15 is 0 Å². The highest BCUT2D eigenvalue weighted by atomic mass is 35.5. The van der Waals surface area contributed by atoms with Gasteiger partial charge >= 0.3 is 0 Å². The molecule has 6 nitrogen and oxygen atoms in total. The Morgan fingerprint density at radius 2 is 2.11 bits per heavy atom. The van der Waals surface area contributed by atoms with Gasteiger partial charge in [-0.1, -0.05) is 11.6 Å². The molecule has 0 bridgehead atoms. The average Bonchev–Trinajstić information content (AvgIpc) is 2.81. The minimum atomic E-state index is -0.108. The van der Waals surface area contributed by atoms with Gasteiger partial charge in [0.1, 0.15) is 11.0 Å². The Morgan fingerprint density at radius 3 is 2.83 bits per heavy atom. The zero-order valence-corrected chi connectivity index (χ0v) is 10.5. The first kappa shape index (κ1) is 11.7. The molecular formula is C11H13ClN4O2. The summed E-state index contributed by atoms with van der Waals surface area (Å²) in [5.74, 6) is 0.882. The molecule has 0 amide bonds. The van der Waals surface area contributed by atoms with Crippen LogP contribution in [0, 0.1) is 0 Å². The maximum absolute atomic E-state index is 9.14. The third kappa shape index (κ3) is 2.03. The molecule has 1 saturated heterocycles. The van der Waals surface area contributed by atoms with Crippen LogP contribution in [0.15, 0.2) is 12.1 Å². The van der Waals surface area contributed by atoms with Gasteiger partial charge in [0.05, 0.1) is 25.5 Å². The van der Waals surface area contributed by atoms with Crippen molar-refractivity contribution in [3.63, 3.8) is 0 Å². The maximum Gasteiger partial charge on any atom is 0.159 e. The van der Waals surface area contributed by atoms with Crippen LogP contribution < -0.4 is 4.90 Å². The monoisotopic (exact) mass is 268 g/mol. The summed E-state index contributed by atoms with van der Waals surface area (Å²) in [6, 6.07) is 3.52. The maximum atomic E-state index is 9.14. The molecule has 96 valence electrons. The van der Waals surface area contributed by atoms with Crippen LogP contribution in [0.2, 0.25) is 5.15 Å². The highest BCUT2D eigenvalue weighted by Crippen LogP contribution is 2.21. The van der Waals surface area contributed by atoms with Crippen molar-refractivity contribution in [3.05, 3.63) is 23.0 Å². The number of rotatable bonds is 2. The molecule has 3 rings (SSSR count). The van der Waals surface area contributed by atoms with Gasteiger partial charge in [-0.25, -0.2) is 4.98 Å². The van der Waals surface area contributed by atoms with E-state index in [4.69, 9.17) is 21.4 Å².